The van der Waals surface area contributed by atoms with Gasteiger partial charge >= 0.3 is 0 Å². The average molecular weight is 327 g/mol. The molecule has 0 radical (unpaired) electrons. The smallest absolute Gasteiger partial charge is 0.0245 e. The number of rotatable bonds is 8. The highest BCUT2D eigenvalue weighted by molar-refractivity contribution is 9.10. The Hall–Kier alpha value is -0.380. The van der Waals surface area contributed by atoms with E-state index in [9.17, 15) is 0 Å². The predicted molar refractivity (Wildman–Crippen MR) is 87.4 cm³/mol. The van der Waals surface area contributed by atoms with Crippen molar-refractivity contribution in [2.45, 2.75) is 52.2 Å². The first-order valence-corrected chi connectivity index (χ1v) is 8.01. The third kappa shape index (κ3) is 6.07. The first kappa shape index (κ1) is 16.7. The highest BCUT2D eigenvalue weighted by Gasteiger charge is 2.11. The third-order valence-corrected chi connectivity index (χ3v) is 4.39. The van der Waals surface area contributed by atoms with Gasteiger partial charge in [0.1, 0.15) is 0 Å². The lowest BCUT2D eigenvalue weighted by molar-refractivity contribution is 0.236. The lowest BCUT2D eigenvalue weighted by Gasteiger charge is -2.27. The Kier molecular flexibility index (Phi) is 7.66. The largest absolute Gasteiger partial charge is 0.313 e. The highest BCUT2D eigenvalue weighted by atomic mass is 79.9. The van der Waals surface area contributed by atoms with Gasteiger partial charge in [0.25, 0.3) is 0 Å². The van der Waals surface area contributed by atoms with Gasteiger partial charge in [0.05, 0.1) is 0 Å². The number of likely N-dealkylation sites (N-methyl/N-ethyl adjacent to an activating group) is 1. The van der Waals surface area contributed by atoms with E-state index in [1.54, 1.807) is 0 Å². The Morgan fingerprint density at radius 1 is 1.26 bits per heavy atom. The molecule has 0 bridgehead atoms. The quantitative estimate of drug-likeness (QED) is 0.775. The average Bonchev–Trinajstić information content (AvgIpc) is 2.39. The van der Waals surface area contributed by atoms with Gasteiger partial charge in [-0.05, 0) is 38.9 Å². The fraction of sp³-hybridized carbons (Fsp3) is 0.625. The Bertz CT molecular complexity index is 368. The predicted octanol–water partition coefficient (Wildman–Crippen LogP) is 4.05. The normalized spacial score (nSPS) is 14.6. The van der Waals surface area contributed by atoms with Crippen LogP contribution in [0, 0.1) is 0 Å². The van der Waals surface area contributed by atoms with Crippen LogP contribution in [0.15, 0.2) is 28.7 Å². The monoisotopic (exact) mass is 326 g/mol. The Morgan fingerprint density at radius 2 is 1.95 bits per heavy atom. The molecule has 1 N–H and O–H groups in total. The van der Waals surface area contributed by atoms with Crippen LogP contribution in [0.4, 0.5) is 0 Å². The van der Waals surface area contributed by atoms with E-state index in [4.69, 9.17) is 0 Å². The summed E-state index contributed by atoms with van der Waals surface area (Å²) in [6, 6.07) is 9.59. The van der Waals surface area contributed by atoms with Crippen molar-refractivity contribution in [1.29, 1.82) is 0 Å². The summed E-state index contributed by atoms with van der Waals surface area (Å²) in [5.41, 5.74) is 1.35. The molecule has 0 aromatic heterocycles. The topological polar surface area (TPSA) is 15.3 Å². The third-order valence-electron chi connectivity index (χ3n) is 3.61. The molecule has 0 heterocycles. The lowest BCUT2D eigenvalue weighted by atomic mass is 10.1. The number of halogens is 1. The molecule has 1 aromatic carbocycles. The molecule has 19 heavy (non-hydrogen) atoms. The first-order chi connectivity index (χ1) is 9.04. The molecule has 0 saturated carbocycles. The second kappa shape index (κ2) is 8.72. The van der Waals surface area contributed by atoms with E-state index in [0.717, 1.165) is 13.1 Å². The summed E-state index contributed by atoms with van der Waals surface area (Å²) >= 11 is 3.61. The SMILES string of the molecule is CCCC(C)NCC(C)N(C)Cc1ccccc1Br. The van der Waals surface area contributed by atoms with Gasteiger partial charge in [-0.2, -0.15) is 0 Å². The van der Waals surface area contributed by atoms with E-state index < -0.39 is 0 Å². The van der Waals surface area contributed by atoms with E-state index >= 15 is 0 Å². The number of benzene rings is 1. The van der Waals surface area contributed by atoms with Gasteiger partial charge < -0.3 is 5.32 Å². The zero-order valence-corrected chi connectivity index (χ0v) is 14.2. The maximum Gasteiger partial charge on any atom is 0.0245 e. The van der Waals surface area contributed by atoms with Crippen LogP contribution in [0.25, 0.3) is 0 Å². The van der Waals surface area contributed by atoms with Crippen LogP contribution in [0.2, 0.25) is 0 Å². The highest BCUT2D eigenvalue weighted by Crippen LogP contribution is 2.18. The number of hydrogen-bond donors (Lipinski definition) is 1. The van der Waals surface area contributed by atoms with Crippen molar-refractivity contribution >= 4 is 15.9 Å². The number of hydrogen-bond acceptors (Lipinski definition) is 2. The van der Waals surface area contributed by atoms with Crippen molar-refractivity contribution in [3.05, 3.63) is 34.3 Å². The molecule has 0 saturated heterocycles. The molecule has 2 nitrogen and oxygen atoms in total. The summed E-state index contributed by atoms with van der Waals surface area (Å²) in [6.07, 6.45) is 2.50. The van der Waals surface area contributed by atoms with Crippen LogP contribution in [0.5, 0.6) is 0 Å². The van der Waals surface area contributed by atoms with Crippen molar-refractivity contribution in [1.82, 2.24) is 10.2 Å². The Morgan fingerprint density at radius 3 is 2.58 bits per heavy atom. The van der Waals surface area contributed by atoms with Crippen LogP contribution in [-0.4, -0.2) is 30.6 Å². The minimum Gasteiger partial charge on any atom is -0.313 e. The zero-order valence-electron chi connectivity index (χ0n) is 12.6. The van der Waals surface area contributed by atoms with Crippen molar-refractivity contribution in [3.8, 4) is 0 Å². The van der Waals surface area contributed by atoms with E-state index in [1.165, 1.54) is 22.9 Å². The summed E-state index contributed by atoms with van der Waals surface area (Å²) in [4.78, 5) is 2.39. The molecule has 0 aliphatic heterocycles. The van der Waals surface area contributed by atoms with Crippen LogP contribution < -0.4 is 5.32 Å². The molecule has 1 aromatic rings. The van der Waals surface area contributed by atoms with E-state index in [-0.39, 0.29) is 0 Å². The van der Waals surface area contributed by atoms with E-state index in [2.05, 4.69) is 78.2 Å². The van der Waals surface area contributed by atoms with Crippen molar-refractivity contribution in [2.24, 2.45) is 0 Å². The molecular weight excluding hydrogens is 300 g/mol. The van der Waals surface area contributed by atoms with E-state index in [1.807, 2.05) is 0 Å². The van der Waals surface area contributed by atoms with Crippen LogP contribution in [0.1, 0.15) is 39.2 Å². The summed E-state index contributed by atoms with van der Waals surface area (Å²) in [7, 11) is 2.19. The van der Waals surface area contributed by atoms with Gasteiger partial charge in [-0.25, -0.2) is 0 Å². The van der Waals surface area contributed by atoms with E-state index in [0.29, 0.717) is 12.1 Å². The second-order valence-corrected chi connectivity index (χ2v) is 6.31. The second-order valence-electron chi connectivity index (χ2n) is 5.45. The molecule has 2 unspecified atom stereocenters. The van der Waals surface area contributed by atoms with Crippen molar-refractivity contribution in [3.63, 3.8) is 0 Å². The van der Waals surface area contributed by atoms with Gasteiger partial charge in [-0.1, -0.05) is 47.5 Å². The molecular formula is C16H27BrN2. The first-order valence-electron chi connectivity index (χ1n) is 7.21. The van der Waals surface area contributed by atoms with Crippen LogP contribution in [-0.2, 0) is 6.54 Å². The molecule has 0 fully saturated rings. The molecule has 108 valence electrons. The van der Waals surface area contributed by atoms with Gasteiger partial charge in [-0.15, -0.1) is 0 Å². The van der Waals surface area contributed by atoms with Crippen LogP contribution in [0.3, 0.4) is 0 Å². The number of nitrogens with one attached hydrogen (secondary N) is 1. The molecule has 0 aliphatic rings. The molecule has 3 heteroatoms. The summed E-state index contributed by atoms with van der Waals surface area (Å²) in [5, 5.41) is 3.61. The van der Waals surface area contributed by atoms with Gasteiger partial charge in [0.15, 0.2) is 0 Å². The zero-order chi connectivity index (χ0) is 14.3. The fourth-order valence-electron chi connectivity index (χ4n) is 2.11. The van der Waals surface area contributed by atoms with Gasteiger partial charge in [0.2, 0.25) is 0 Å². The summed E-state index contributed by atoms with van der Waals surface area (Å²) < 4.78 is 1.20. The minimum atomic E-state index is 0.534. The fourth-order valence-corrected chi connectivity index (χ4v) is 2.52. The van der Waals surface area contributed by atoms with Gasteiger partial charge in [0, 0.05) is 29.6 Å². The standard InChI is InChI=1S/C16H27BrN2/c1-5-8-13(2)18-11-14(3)19(4)12-15-9-6-7-10-16(15)17/h6-7,9-10,13-14,18H,5,8,11-12H2,1-4H3. The summed E-state index contributed by atoms with van der Waals surface area (Å²) in [5.74, 6) is 0. The van der Waals surface area contributed by atoms with Gasteiger partial charge in [-0.3, -0.25) is 4.90 Å². The molecule has 1 rings (SSSR count). The lowest BCUT2D eigenvalue weighted by Crippen LogP contribution is -2.40. The Labute approximate surface area is 126 Å². The minimum absolute atomic E-state index is 0.534. The van der Waals surface area contributed by atoms with Crippen LogP contribution >= 0.6 is 15.9 Å². The maximum absolute atomic E-state index is 3.61. The van der Waals surface area contributed by atoms with Crippen molar-refractivity contribution < 1.29 is 0 Å². The molecule has 2 atom stereocenters. The molecule has 0 aliphatic carbocycles. The number of nitrogens with zero attached hydrogens (tertiary/aromatic N) is 1. The Balaban J connectivity index is 2.40. The molecule has 0 amide bonds. The maximum atomic E-state index is 3.61. The van der Waals surface area contributed by atoms with Crippen molar-refractivity contribution in [2.75, 3.05) is 13.6 Å². The molecule has 0 spiro atoms. The summed E-state index contributed by atoms with van der Waals surface area (Å²) in [6.45, 7) is 8.81.